The van der Waals surface area contributed by atoms with Gasteiger partial charge in [-0.05, 0) is 59.9 Å². The van der Waals surface area contributed by atoms with Crippen LogP contribution in [0.15, 0.2) is 72.8 Å². The first-order valence-corrected chi connectivity index (χ1v) is 9.65. The average Bonchev–Trinajstić information content (AvgIpc) is 2.74. The van der Waals surface area contributed by atoms with Crippen molar-refractivity contribution in [1.82, 2.24) is 0 Å². The number of benzene rings is 3. The Balaban J connectivity index is 1.65. The first-order valence-electron chi connectivity index (χ1n) is 9.65. The van der Waals surface area contributed by atoms with Crippen molar-refractivity contribution in [3.63, 3.8) is 0 Å². The van der Waals surface area contributed by atoms with Crippen molar-refractivity contribution >= 4 is 5.97 Å². The predicted molar refractivity (Wildman–Crippen MR) is 113 cm³/mol. The summed E-state index contributed by atoms with van der Waals surface area (Å²) in [6.45, 7) is 4.15. The average molecular weight is 374 g/mol. The fourth-order valence-electron chi connectivity index (χ4n) is 3.06. The van der Waals surface area contributed by atoms with Crippen molar-refractivity contribution in [3.8, 4) is 16.9 Å². The Hall–Kier alpha value is -2.91. The monoisotopic (exact) mass is 374 g/mol. The Labute approximate surface area is 166 Å². The topological polar surface area (TPSA) is 35.5 Å². The lowest BCUT2D eigenvalue weighted by Crippen LogP contribution is -2.08. The lowest BCUT2D eigenvalue weighted by molar-refractivity contribution is 0.0734. The number of esters is 1. The largest absolute Gasteiger partial charge is 0.423 e. The van der Waals surface area contributed by atoms with E-state index < -0.39 is 0 Å². The van der Waals surface area contributed by atoms with Gasteiger partial charge in [-0.25, -0.2) is 4.79 Å². The number of rotatable bonds is 7. The molecule has 0 aliphatic heterocycles. The SMILES string of the molecule is CCCc1ccc(-c2ccc(OC(=O)c3ccc(C(C)OC)cc3)cc2)cc1. The van der Waals surface area contributed by atoms with Crippen molar-refractivity contribution in [3.05, 3.63) is 89.5 Å². The second kappa shape index (κ2) is 9.34. The van der Waals surface area contributed by atoms with Gasteiger partial charge in [-0.3, -0.25) is 0 Å². The van der Waals surface area contributed by atoms with Gasteiger partial charge in [0.05, 0.1) is 11.7 Å². The fourth-order valence-corrected chi connectivity index (χ4v) is 3.06. The Morgan fingerprint density at radius 2 is 1.43 bits per heavy atom. The maximum absolute atomic E-state index is 12.4. The molecule has 0 amide bonds. The van der Waals surface area contributed by atoms with Crippen molar-refractivity contribution < 1.29 is 14.3 Å². The lowest BCUT2D eigenvalue weighted by Gasteiger charge is -2.10. The first-order chi connectivity index (χ1) is 13.6. The molecule has 3 rings (SSSR count). The highest BCUT2D eigenvalue weighted by Crippen LogP contribution is 2.24. The standard InChI is InChI=1S/C25H26O3/c1-4-5-19-6-8-21(9-7-19)22-14-16-24(17-15-22)28-25(26)23-12-10-20(11-13-23)18(2)27-3/h6-18H,4-5H2,1-3H3. The smallest absolute Gasteiger partial charge is 0.343 e. The van der Waals surface area contributed by atoms with Crippen LogP contribution in [-0.2, 0) is 11.2 Å². The van der Waals surface area contributed by atoms with Crippen LogP contribution in [0.5, 0.6) is 5.75 Å². The van der Waals surface area contributed by atoms with Gasteiger partial charge in [0.2, 0.25) is 0 Å². The molecule has 0 saturated carbocycles. The highest BCUT2D eigenvalue weighted by Gasteiger charge is 2.10. The fraction of sp³-hybridized carbons (Fsp3) is 0.240. The first kappa shape index (κ1) is 19.8. The van der Waals surface area contributed by atoms with Crippen LogP contribution in [0.3, 0.4) is 0 Å². The van der Waals surface area contributed by atoms with E-state index in [1.165, 1.54) is 5.56 Å². The van der Waals surface area contributed by atoms with Gasteiger partial charge in [-0.15, -0.1) is 0 Å². The minimum atomic E-state index is -0.367. The van der Waals surface area contributed by atoms with Gasteiger partial charge in [0.1, 0.15) is 5.75 Å². The Morgan fingerprint density at radius 1 is 0.857 bits per heavy atom. The van der Waals surface area contributed by atoms with Crippen LogP contribution in [0.1, 0.15) is 47.9 Å². The number of hydrogen-bond acceptors (Lipinski definition) is 3. The van der Waals surface area contributed by atoms with Gasteiger partial charge in [0, 0.05) is 7.11 Å². The lowest BCUT2D eigenvalue weighted by atomic mass is 10.0. The van der Waals surface area contributed by atoms with E-state index in [9.17, 15) is 4.79 Å². The second-order valence-corrected chi connectivity index (χ2v) is 6.86. The molecule has 0 radical (unpaired) electrons. The van der Waals surface area contributed by atoms with E-state index in [-0.39, 0.29) is 12.1 Å². The van der Waals surface area contributed by atoms with Crippen LogP contribution in [0.4, 0.5) is 0 Å². The van der Waals surface area contributed by atoms with E-state index in [1.807, 2.05) is 43.3 Å². The second-order valence-electron chi connectivity index (χ2n) is 6.86. The van der Waals surface area contributed by atoms with E-state index in [4.69, 9.17) is 9.47 Å². The summed E-state index contributed by atoms with van der Waals surface area (Å²) in [6, 6.07) is 23.5. The summed E-state index contributed by atoms with van der Waals surface area (Å²) in [6.07, 6.45) is 2.24. The molecule has 3 nitrogen and oxygen atoms in total. The minimum Gasteiger partial charge on any atom is -0.423 e. The van der Waals surface area contributed by atoms with Crippen LogP contribution in [0, 0.1) is 0 Å². The molecular weight excluding hydrogens is 348 g/mol. The summed E-state index contributed by atoms with van der Waals surface area (Å²) in [5.41, 5.74) is 5.14. The number of hydrogen-bond donors (Lipinski definition) is 0. The quantitative estimate of drug-likeness (QED) is 0.363. The van der Waals surface area contributed by atoms with E-state index in [0.29, 0.717) is 11.3 Å². The molecule has 0 heterocycles. The zero-order chi connectivity index (χ0) is 19.9. The number of aryl methyl sites for hydroxylation is 1. The van der Waals surface area contributed by atoms with Gasteiger partial charge in [-0.1, -0.05) is 61.9 Å². The van der Waals surface area contributed by atoms with Crippen LogP contribution in [0.25, 0.3) is 11.1 Å². The van der Waals surface area contributed by atoms with Crippen LogP contribution < -0.4 is 4.74 Å². The van der Waals surface area contributed by atoms with Crippen molar-refractivity contribution in [2.75, 3.05) is 7.11 Å². The molecule has 3 aromatic rings. The normalized spacial score (nSPS) is 11.8. The molecule has 0 bridgehead atoms. The van der Waals surface area contributed by atoms with Gasteiger partial charge < -0.3 is 9.47 Å². The maximum atomic E-state index is 12.4. The molecule has 0 aliphatic rings. The third-order valence-corrected chi connectivity index (χ3v) is 4.86. The van der Waals surface area contributed by atoms with Crippen LogP contribution in [-0.4, -0.2) is 13.1 Å². The number of methoxy groups -OCH3 is 1. The van der Waals surface area contributed by atoms with Crippen molar-refractivity contribution in [2.24, 2.45) is 0 Å². The van der Waals surface area contributed by atoms with Gasteiger partial charge in [0.25, 0.3) is 0 Å². The number of ether oxygens (including phenoxy) is 2. The molecule has 3 aromatic carbocycles. The molecule has 0 spiro atoms. The molecule has 144 valence electrons. The van der Waals surface area contributed by atoms with E-state index >= 15 is 0 Å². The van der Waals surface area contributed by atoms with Crippen molar-refractivity contribution in [2.45, 2.75) is 32.8 Å². The van der Waals surface area contributed by atoms with E-state index in [2.05, 4.69) is 31.2 Å². The van der Waals surface area contributed by atoms with E-state index in [1.54, 1.807) is 19.2 Å². The molecule has 0 aliphatic carbocycles. The predicted octanol–water partition coefficient (Wildman–Crippen LogP) is 6.23. The third kappa shape index (κ3) is 4.87. The van der Waals surface area contributed by atoms with Gasteiger partial charge in [-0.2, -0.15) is 0 Å². The minimum absolute atomic E-state index is 0.00588. The summed E-state index contributed by atoms with van der Waals surface area (Å²) in [5, 5.41) is 0. The summed E-state index contributed by atoms with van der Waals surface area (Å²) < 4.78 is 10.8. The number of carbonyl (C=O) groups excluding carboxylic acids is 1. The summed E-state index contributed by atoms with van der Waals surface area (Å²) in [4.78, 5) is 12.4. The highest BCUT2D eigenvalue weighted by atomic mass is 16.5. The molecular formula is C25H26O3. The zero-order valence-electron chi connectivity index (χ0n) is 16.6. The number of carbonyl (C=O) groups is 1. The van der Waals surface area contributed by atoms with Gasteiger partial charge in [0.15, 0.2) is 0 Å². The Bertz CT molecular complexity index is 894. The van der Waals surface area contributed by atoms with Gasteiger partial charge >= 0.3 is 5.97 Å². The molecule has 0 saturated heterocycles. The Kier molecular flexibility index (Phi) is 6.62. The third-order valence-electron chi connectivity index (χ3n) is 4.86. The van der Waals surface area contributed by atoms with Crippen molar-refractivity contribution in [1.29, 1.82) is 0 Å². The van der Waals surface area contributed by atoms with E-state index in [0.717, 1.165) is 29.5 Å². The summed E-state index contributed by atoms with van der Waals surface area (Å²) in [5.74, 6) is 0.166. The molecule has 0 aromatic heterocycles. The maximum Gasteiger partial charge on any atom is 0.343 e. The molecule has 28 heavy (non-hydrogen) atoms. The summed E-state index contributed by atoms with van der Waals surface area (Å²) >= 11 is 0. The molecule has 3 heteroatoms. The molecule has 0 N–H and O–H groups in total. The molecule has 1 unspecified atom stereocenters. The highest BCUT2D eigenvalue weighted by molar-refractivity contribution is 5.91. The molecule has 0 fully saturated rings. The zero-order valence-corrected chi connectivity index (χ0v) is 16.6. The summed E-state index contributed by atoms with van der Waals surface area (Å²) in [7, 11) is 1.66. The van der Waals surface area contributed by atoms with Crippen LogP contribution >= 0.6 is 0 Å². The molecule has 1 atom stereocenters. The Morgan fingerprint density at radius 3 is 1.96 bits per heavy atom. The van der Waals surface area contributed by atoms with Crippen LogP contribution in [0.2, 0.25) is 0 Å².